The van der Waals surface area contributed by atoms with E-state index in [1.165, 1.54) is 0 Å². The van der Waals surface area contributed by atoms with Crippen molar-refractivity contribution in [1.82, 2.24) is 5.32 Å². The minimum atomic E-state index is -0.188. The number of piperazine rings is 1. The molecule has 2 aliphatic heterocycles. The Balaban J connectivity index is 1.42. The van der Waals surface area contributed by atoms with E-state index in [0.717, 1.165) is 47.8 Å². The molecule has 6 heteroatoms. The van der Waals surface area contributed by atoms with Crippen molar-refractivity contribution >= 4 is 23.1 Å². The van der Waals surface area contributed by atoms with Crippen LogP contribution in [-0.4, -0.2) is 44.5 Å². The molecule has 1 atom stereocenters. The van der Waals surface area contributed by atoms with E-state index >= 15 is 0 Å². The number of anilines is 2. The van der Waals surface area contributed by atoms with Gasteiger partial charge in [0.15, 0.2) is 5.78 Å². The number of carbonyl (C=O) groups excluding carboxylic acids is 2. The first kappa shape index (κ1) is 18.5. The Labute approximate surface area is 164 Å². The van der Waals surface area contributed by atoms with Gasteiger partial charge < -0.3 is 20.3 Å². The number of carbonyl (C=O) groups is 2. The number of ketones is 1. The molecule has 0 radical (unpaired) electrons. The van der Waals surface area contributed by atoms with Crippen LogP contribution in [-0.2, 0) is 22.4 Å². The van der Waals surface area contributed by atoms with Crippen molar-refractivity contribution in [2.24, 2.45) is 0 Å². The average Bonchev–Trinajstić information content (AvgIpc) is 2.74. The van der Waals surface area contributed by atoms with Crippen LogP contribution in [0.2, 0.25) is 0 Å². The lowest BCUT2D eigenvalue weighted by molar-refractivity contribution is -0.120. The maximum atomic E-state index is 12.8. The van der Waals surface area contributed by atoms with Crippen molar-refractivity contribution < 1.29 is 14.3 Å². The van der Waals surface area contributed by atoms with Gasteiger partial charge in [0.05, 0.1) is 13.2 Å². The van der Waals surface area contributed by atoms with Gasteiger partial charge in [-0.25, -0.2) is 0 Å². The molecule has 28 heavy (non-hydrogen) atoms. The topological polar surface area (TPSA) is 70.7 Å². The van der Waals surface area contributed by atoms with E-state index in [1.807, 2.05) is 36.4 Å². The van der Waals surface area contributed by atoms with E-state index in [2.05, 4.69) is 21.6 Å². The number of hydrogen-bond donors (Lipinski definition) is 2. The van der Waals surface area contributed by atoms with Crippen molar-refractivity contribution in [3.8, 4) is 5.75 Å². The fourth-order valence-electron chi connectivity index (χ4n) is 3.83. The van der Waals surface area contributed by atoms with Crippen molar-refractivity contribution in [3.05, 3.63) is 53.6 Å². The molecule has 4 rings (SSSR count). The summed E-state index contributed by atoms with van der Waals surface area (Å²) in [7, 11) is 1.63. The van der Waals surface area contributed by atoms with Crippen molar-refractivity contribution in [1.29, 1.82) is 0 Å². The van der Waals surface area contributed by atoms with E-state index in [4.69, 9.17) is 4.74 Å². The number of hydrogen-bond acceptors (Lipinski definition) is 5. The Morgan fingerprint density at radius 1 is 1.18 bits per heavy atom. The Bertz CT molecular complexity index is 879. The summed E-state index contributed by atoms with van der Waals surface area (Å²) in [5.41, 5.74) is 4.17. The fraction of sp³-hybridized carbons (Fsp3) is 0.364. The van der Waals surface area contributed by atoms with Gasteiger partial charge in [-0.1, -0.05) is 12.1 Å². The lowest BCUT2D eigenvalue weighted by atomic mass is 10.00. The van der Waals surface area contributed by atoms with E-state index in [0.29, 0.717) is 19.4 Å². The summed E-state index contributed by atoms with van der Waals surface area (Å²) in [6.45, 7) is 2.28. The molecule has 0 spiro atoms. The zero-order valence-corrected chi connectivity index (χ0v) is 16.0. The number of aryl methyl sites for hydroxylation is 1. The highest BCUT2D eigenvalue weighted by Gasteiger charge is 2.26. The van der Waals surface area contributed by atoms with Gasteiger partial charge in [0.2, 0.25) is 5.91 Å². The summed E-state index contributed by atoms with van der Waals surface area (Å²) in [4.78, 5) is 26.6. The van der Waals surface area contributed by atoms with Gasteiger partial charge in [0, 0.05) is 43.9 Å². The molecule has 1 unspecified atom stereocenters. The van der Waals surface area contributed by atoms with Gasteiger partial charge in [0.25, 0.3) is 0 Å². The second-order valence-corrected chi connectivity index (χ2v) is 7.33. The monoisotopic (exact) mass is 379 g/mol. The molecule has 6 nitrogen and oxygen atoms in total. The zero-order valence-electron chi connectivity index (χ0n) is 16.0. The first-order chi connectivity index (χ1) is 13.6. The number of amides is 1. The number of Topliss-reactive ketones (excluding diaryl/α,β-unsaturated/α-hetero) is 1. The van der Waals surface area contributed by atoms with E-state index in [9.17, 15) is 9.59 Å². The van der Waals surface area contributed by atoms with Crippen LogP contribution in [0.4, 0.5) is 11.4 Å². The van der Waals surface area contributed by atoms with Crippen LogP contribution in [0.3, 0.4) is 0 Å². The molecule has 146 valence electrons. The van der Waals surface area contributed by atoms with Gasteiger partial charge in [-0.15, -0.1) is 0 Å². The second kappa shape index (κ2) is 8.02. The molecule has 1 amide bonds. The van der Waals surface area contributed by atoms with Crippen LogP contribution in [0.25, 0.3) is 0 Å². The summed E-state index contributed by atoms with van der Waals surface area (Å²) in [5.74, 6) is 1.06. The molecule has 0 saturated carbocycles. The molecule has 0 aliphatic carbocycles. The maximum Gasteiger partial charge on any atom is 0.224 e. The second-order valence-electron chi connectivity index (χ2n) is 7.33. The fourth-order valence-corrected chi connectivity index (χ4v) is 3.83. The summed E-state index contributed by atoms with van der Waals surface area (Å²) >= 11 is 0. The molecule has 0 aromatic heterocycles. The largest absolute Gasteiger partial charge is 0.497 e. The minimum Gasteiger partial charge on any atom is -0.497 e. The van der Waals surface area contributed by atoms with E-state index in [-0.39, 0.29) is 17.7 Å². The van der Waals surface area contributed by atoms with Gasteiger partial charge >= 0.3 is 0 Å². The van der Waals surface area contributed by atoms with Crippen molar-refractivity contribution in [2.45, 2.75) is 25.3 Å². The Morgan fingerprint density at radius 2 is 2.00 bits per heavy atom. The maximum absolute atomic E-state index is 12.8. The highest BCUT2D eigenvalue weighted by molar-refractivity contribution is 5.94. The van der Waals surface area contributed by atoms with Crippen LogP contribution in [0.1, 0.15) is 17.5 Å². The van der Waals surface area contributed by atoms with Gasteiger partial charge in [-0.2, -0.15) is 0 Å². The molecule has 2 aliphatic rings. The number of nitrogens with one attached hydrogen (secondary N) is 2. The molecule has 0 bridgehead atoms. The molecule has 2 aromatic rings. The van der Waals surface area contributed by atoms with Gasteiger partial charge in [0.1, 0.15) is 5.75 Å². The summed E-state index contributed by atoms with van der Waals surface area (Å²) in [6.07, 6.45) is 1.70. The first-order valence-electron chi connectivity index (χ1n) is 9.69. The molecule has 1 fully saturated rings. The zero-order chi connectivity index (χ0) is 19.5. The van der Waals surface area contributed by atoms with Crippen molar-refractivity contribution in [2.75, 3.05) is 37.0 Å². The van der Waals surface area contributed by atoms with Gasteiger partial charge in [-0.3, -0.25) is 9.59 Å². The Hall–Kier alpha value is -2.86. The van der Waals surface area contributed by atoms with Crippen LogP contribution < -0.4 is 20.3 Å². The smallest absolute Gasteiger partial charge is 0.224 e. The third-order valence-corrected chi connectivity index (χ3v) is 5.45. The number of nitrogens with zero attached hydrogens (tertiary/aromatic N) is 1. The summed E-state index contributed by atoms with van der Waals surface area (Å²) in [5, 5.41) is 6.28. The van der Waals surface area contributed by atoms with Crippen LogP contribution in [0, 0.1) is 0 Å². The molecule has 2 aromatic carbocycles. The summed E-state index contributed by atoms with van der Waals surface area (Å²) < 4.78 is 5.17. The predicted molar refractivity (Wildman–Crippen MR) is 109 cm³/mol. The third-order valence-electron chi connectivity index (χ3n) is 5.45. The summed E-state index contributed by atoms with van der Waals surface area (Å²) in [6, 6.07) is 13.6. The van der Waals surface area contributed by atoms with E-state index in [1.54, 1.807) is 7.11 Å². The number of methoxy groups -OCH3 is 1. The van der Waals surface area contributed by atoms with Crippen LogP contribution >= 0.6 is 0 Å². The predicted octanol–water partition coefficient (Wildman–Crippen LogP) is 2.17. The van der Waals surface area contributed by atoms with Crippen LogP contribution in [0.5, 0.6) is 5.75 Å². The third kappa shape index (κ3) is 4.02. The standard InChI is InChI=1S/C22H25N3O3/c1-28-18-6-2-15(3-7-18)12-21(26)20-14-25(11-10-23-20)17-5-8-19-16(13-17)4-9-22(27)24-19/h2-3,5-8,13,20,23H,4,9-12,14H2,1H3,(H,24,27). The molecule has 2 heterocycles. The number of benzene rings is 2. The minimum absolute atomic E-state index is 0.0756. The SMILES string of the molecule is COc1ccc(CC(=O)C2CN(c3ccc4c(c3)CCC(=O)N4)CCN2)cc1. The molecule has 2 N–H and O–H groups in total. The highest BCUT2D eigenvalue weighted by atomic mass is 16.5. The Kier molecular flexibility index (Phi) is 5.30. The van der Waals surface area contributed by atoms with Crippen LogP contribution in [0.15, 0.2) is 42.5 Å². The molecular weight excluding hydrogens is 354 g/mol. The quantitative estimate of drug-likeness (QED) is 0.833. The lowest BCUT2D eigenvalue weighted by Crippen LogP contribution is -2.54. The van der Waals surface area contributed by atoms with Gasteiger partial charge in [-0.05, 0) is 47.9 Å². The average molecular weight is 379 g/mol. The van der Waals surface area contributed by atoms with E-state index < -0.39 is 0 Å². The number of ether oxygens (including phenoxy) is 1. The Morgan fingerprint density at radius 3 is 2.79 bits per heavy atom. The molecule has 1 saturated heterocycles. The molecular formula is C22H25N3O3. The van der Waals surface area contributed by atoms with Crippen molar-refractivity contribution in [3.63, 3.8) is 0 Å². The lowest BCUT2D eigenvalue weighted by Gasteiger charge is -2.35. The highest BCUT2D eigenvalue weighted by Crippen LogP contribution is 2.28. The number of fused-ring (bicyclic) bond motifs is 1. The normalized spacial score (nSPS) is 19.0. The number of rotatable bonds is 5. The first-order valence-corrected chi connectivity index (χ1v) is 9.69.